The number of carbonyl (C=O) groups excluding carboxylic acids is 1. The highest BCUT2D eigenvalue weighted by atomic mass is 35.5. The zero-order valence-corrected chi connectivity index (χ0v) is 14.4. The van der Waals surface area contributed by atoms with E-state index in [2.05, 4.69) is 36.5 Å². The predicted molar refractivity (Wildman–Crippen MR) is 99.0 cm³/mol. The maximum absolute atomic E-state index is 11.9. The second-order valence-electron chi connectivity index (χ2n) is 5.47. The number of halogens is 1. The molecule has 3 nitrogen and oxygen atoms in total. The van der Waals surface area contributed by atoms with E-state index < -0.39 is 0 Å². The first kappa shape index (κ1) is 19.0. The lowest BCUT2D eigenvalue weighted by molar-refractivity contribution is -0.121. The summed E-state index contributed by atoms with van der Waals surface area (Å²) < 4.78 is 0. The molecule has 0 unspecified atom stereocenters. The lowest BCUT2D eigenvalue weighted by Gasteiger charge is -2.07. The summed E-state index contributed by atoms with van der Waals surface area (Å²) in [5.74, 6) is 0.0773. The maximum Gasteiger partial charge on any atom is 0.220 e. The van der Waals surface area contributed by atoms with E-state index in [9.17, 15) is 4.79 Å². The summed E-state index contributed by atoms with van der Waals surface area (Å²) in [4.78, 5) is 11.9. The topological polar surface area (TPSA) is 55.1 Å². The standard InChI is InChI=1S/C19H24N2O.ClH/c1-2-15-7-9-16(10-8-15)13-14-21-19(22)12-11-17-5-3-4-6-18(17)20;/h3-10H,2,11-14,20H2,1H3,(H,21,22);1H. The van der Waals surface area contributed by atoms with Gasteiger partial charge >= 0.3 is 0 Å². The maximum atomic E-state index is 11.9. The van der Waals surface area contributed by atoms with Crippen LogP contribution >= 0.6 is 12.4 Å². The van der Waals surface area contributed by atoms with Crippen LogP contribution in [0.25, 0.3) is 0 Å². The van der Waals surface area contributed by atoms with Crippen LogP contribution in [0, 0.1) is 0 Å². The molecule has 1 amide bonds. The molecule has 0 aliphatic heterocycles. The average Bonchev–Trinajstić information content (AvgIpc) is 2.55. The summed E-state index contributed by atoms with van der Waals surface area (Å²) in [6, 6.07) is 16.3. The number of benzene rings is 2. The number of hydrogen-bond acceptors (Lipinski definition) is 2. The Morgan fingerprint density at radius 2 is 1.65 bits per heavy atom. The van der Waals surface area contributed by atoms with Crippen molar-refractivity contribution in [3.05, 3.63) is 65.2 Å². The summed E-state index contributed by atoms with van der Waals surface area (Å²) in [5, 5.41) is 2.97. The Balaban J connectivity index is 0.00000264. The van der Waals surface area contributed by atoms with Gasteiger partial charge in [0.15, 0.2) is 0 Å². The molecular formula is C19H25ClN2O. The van der Waals surface area contributed by atoms with Gasteiger partial charge in [0.05, 0.1) is 0 Å². The minimum absolute atomic E-state index is 0. The zero-order valence-electron chi connectivity index (χ0n) is 13.5. The Labute approximate surface area is 144 Å². The molecule has 0 saturated carbocycles. The lowest BCUT2D eigenvalue weighted by Crippen LogP contribution is -2.25. The van der Waals surface area contributed by atoms with E-state index in [4.69, 9.17) is 5.73 Å². The second kappa shape index (κ2) is 9.90. The fraction of sp³-hybridized carbons (Fsp3) is 0.316. The van der Waals surface area contributed by atoms with Crippen LogP contribution < -0.4 is 11.1 Å². The van der Waals surface area contributed by atoms with Crippen molar-refractivity contribution in [1.29, 1.82) is 0 Å². The molecule has 0 aliphatic rings. The molecule has 4 heteroatoms. The first-order valence-electron chi connectivity index (χ1n) is 7.87. The highest BCUT2D eigenvalue weighted by Crippen LogP contribution is 2.12. The number of nitrogens with two attached hydrogens (primary N) is 1. The van der Waals surface area contributed by atoms with E-state index >= 15 is 0 Å². The predicted octanol–water partition coefficient (Wildman–Crippen LogP) is 3.54. The number of amides is 1. The quantitative estimate of drug-likeness (QED) is 0.762. The molecule has 0 aliphatic carbocycles. The summed E-state index contributed by atoms with van der Waals surface area (Å²) in [7, 11) is 0. The van der Waals surface area contributed by atoms with Crippen LogP contribution in [0.15, 0.2) is 48.5 Å². The minimum Gasteiger partial charge on any atom is -0.399 e. The van der Waals surface area contributed by atoms with Crippen LogP contribution in [0.2, 0.25) is 0 Å². The number of carbonyl (C=O) groups is 1. The van der Waals surface area contributed by atoms with E-state index in [0.29, 0.717) is 19.4 Å². The summed E-state index contributed by atoms with van der Waals surface area (Å²) >= 11 is 0. The monoisotopic (exact) mass is 332 g/mol. The molecular weight excluding hydrogens is 308 g/mol. The minimum atomic E-state index is 0. The summed E-state index contributed by atoms with van der Waals surface area (Å²) in [6.45, 7) is 2.82. The van der Waals surface area contributed by atoms with Crippen molar-refractivity contribution in [3.8, 4) is 0 Å². The van der Waals surface area contributed by atoms with Crippen molar-refractivity contribution in [1.82, 2.24) is 5.32 Å². The number of rotatable bonds is 7. The molecule has 0 bridgehead atoms. The Kier molecular flexibility index (Phi) is 8.20. The van der Waals surface area contributed by atoms with Crippen molar-refractivity contribution in [3.63, 3.8) is 0 Å². The number of nitrogen functional groups attached to an aromatic ring is 1. The SMILES string of the molecule is CCc1ccc(CCNC(=O)CCc2ccccc2N)cc1.Cl. The van der Waals surface area contributed by atoms with Gasteiger partial charge in [-0.2, -0.15) is 0 Å². The molecule has 0 saturated heterocycles. The molecule has 0 radical (unpaired) electrons. The third-order valence-corrected chi connectivity index (χ3v) is 3.84. The van der Waals surface area contributed by atoms with Crippen molar-refractivity contribution >= 4 is 24.0 Å². The molecule has 2 aromatic carbocycles. The van der Waals surface area contributed by atoms with Crippen LogP contribution in [-0.4, -0.2) is 12.5 Å². The van der Waals surface area contributed by atoms with Gasteiger partial charge in [-0.05, 0) is 42.0 Å². The van der Waals surface area contributed by atoms with Crippen LogP contribution in [0.4, 0.5) is 5.69 Å². The average molecular weight is 333 g/mol. The van der Waals surface area contributed by atoms with E-state index in [1.54, 1.807) is 0 Å². The first-order chi connectivity index (χ1) is 10.7. The van der Waals surface area contributed by atoms with Crippen molar-refractivity contribution in [2.24, 2.45) is 0 Å². The van der Waals surface area contributed by atoms with E-state index in [0.717, 1.165) is 24.1 Å². The van der Waals surface area contributed by atoms with Gasteiger partial charge in [-0.15, -0.1) is 12.4 Å². The van der Waals surface area contributed by atoms with Gasteiger partial charge in [0, 0.05) is 18.7 Å². The van der Waals surface area contributed by atoms with Gasteiger partial charge in [0.2, 0.25) is 5.91 Å². The molecule has 2 aromatic rings. The molecule has 124 valence electrons. The number of para-hydroxylation sites is 1. The van der Waals surface area contributed by atoms with Gasteiger partial charge < -0.3 is 11.1 Å². The molecule has 3 N–H and O–H groups in total. The Hall–Kier alpha value is -2.00. The Morgan fingerprint density at radius 3 is 2.30 bits per heavy atom. The normalized spacial score (nSPS) is 9.96. The van der Waals surface area contributed by atoms with Gasteiger partial charge in [0.25, 0.3) is 0 Å². The van der Waals surface area contributed by atoms with Gasteiger partial charge in [0.1, 0.15) is 0 Å². The van der Waals surface area contributed by atoms with E-state index in [-0.39, 0.29) is 18.3 Å². The van der Waals surface area contributed by atoms with Crippen LogP contribution in [-0.2, 0) is 24.1 Å². The Morgan fingerprint density at radius 1 is 1.00 bits per heavy atom. The number of hydrogen-bond donors (Lipinski definition) is 2. The molecule has 0 spiro atoms. The van der Waals surface area contributed by atoms with Gasteiger partial charge in [-0.3, -0.25) is 4.79 Å². The van der Waals surface area contributed by atoms with E-state index in [1.165, 1.54) is 11.1 Å². The summed E-state index contributed by atoms with van der Waals surface area (Å²) in [5.41, 5.74) is 10.3. The number of anilines is 1. The van der Waals surface area contributed by atoms with Gasteiger partial charge in [-0.25, -0.2) is 0 Å². The zero-order chi connectivity index (χ0) is 15.8. The number of nitrogens with one attached hydrogen (secondary N) is 1. The van der Waals surface area contributed by atoms with Crippen LogP contribution in [0.1, 0.15) is 30.0 Å². The fourth-order valence-electron chi connectivity index (χ4n) is 2.39. The molecule has 23 heavy (non-hydrogen) atoms. The van der Waals surface area contributed by atoms with Crippen molar-refractivity contribution < 1.29 is 4.79 Å². The molecule has 0 fully saturated rings. The van der Waals surface area contributed by atoms with E-state index in [1.807, 2.05) is 24.3 Å². The molecule has 0 atom stereocenters. The van der Waals surface area contributed by atoms with Crippen LogP contribution in [0.3, 0.4) is 0 Å². The van der Waals surface area contributed by atoms with Crippen LogP contribution in [0.5, 0.6) is 0 Å². The fourth-order valence-corrected chi connectivity index (χ4v) is 2.39. The smallest absolute Gasteiger partial charge is 0.220 e. The van der Waals surface area contributed by atoms with Gasteiger partial charge in [-0.1, -0.05) is 49.4 Å². The second-order valence-corrected chi connectivity index (χ2v) is 5.47. The summed E-state index contributed by atoms with van der Waals surface area (Å²) in [6.07, 6.45) is 3.08. The molecule has 0 aromatic heterocycles. The molecule has 0 heterocycles. The lowest BCUT2D eigenvalue weighted by atomic mass is 10.1. The highest BCUT2D eigenvalue weighted by Gasteiger charge is 2.04. The highest BCUT2D eigenvalue weighted by molar-refractivity contribution is 5.85. The Bertz CT molecular complexity index is 611. The van der Waals surface area contributed by atoms with Crippen molar-refractivity contribution in [2.45, 2.75) is 32.6 Å². The first-order valence-corrected chi connectivity index (χ1v) is 7.87. The number of aryl methyl sites for hydroxylation is 2. The van der Waals surface area contributed by atoms with Crippen molar-refractivity contribution in [2.75, 3.05) is 12.3 Å². The molecule has 2 rings (SSSR count). The third kappa shape index (κ3) is 6.33. The third-order valence-electron chi connectivity index (χ3n) is 3.84. The largest absolute Gasteiger partial charge is 0.399 e.